The van der Waals surface area contributed by atoms with Crippen molar-refractivity contribution in [3.63, 3.8) is 0 Å². The van der Waals surface area contributed by atoms with Gasteiger partial charge >= 0.3 is 0 Å². The third-order valence-corrected chi connectivity index (χ3v) is 4.81. The van der Waals surface area contributed by atoms with E-state index in [2.05, 4.69) is 47.5 Å². The number of hydrogen-bond donors (Lipinski definition) is 1. The Hall–Kier alpha value is -0.860. The van der Waals surface area contributed by atoms with Crippen molar-refractivity contribution in [1.82, 2.24) is 10.2 Å². The maximum absolute atomic E-state index is 3.72. The monoisotopic (exact) mass is 258 g/mol. The second kappa shape index (κ2) is 6.06. The predicted molar refractivity (Wildman–Crippen MR) is 80.2 cm³/mol. The number of fused-ring (bicyclic) bond motifs is 1. The van der Waals surface area contributed by atoms with Gasteiger partial charge in [0.1, 0.15) is 0 Å². The molecule has 2 aliphatic rings. The highest BCUT2D eigenvalue weighted by molar-refractivity contribution is 5.19. The lowest BCUT2D eigenvalue weighted by Crippen LogP contribution is -2.40. The zero-order valence-electron chi connectivity index (χ0n) is 12.0. The van der Waals surface area contributed by atoms with Crippen LogP contribution in [0.3, 0.4) is 0 Å². The summed E-state index contributed by atoms with van der Waals surface area (Å²) in [5, 5.41) is 3.72. The Kier molecular flexibility index (Phi) is 4.19. The van der Waals surface area contributed by atoms with Gasteiger partial charge < -0.3 is 5.32 Å². The molecule has 0 amide bonds. The summed E-state index contributed by atoms with van der Waals surface area (Å²) < 4.78 is 0. The van der Waals surface area contributed by atoms with Gasteiger partial charge in [-0.1, -0.05) is 43.7 Å². The fourth-order valence-electron chi connectivity index (χ4n) is 3.84. The molecule has 2 nitrogen and oxygen atoms in total. The number of benzene rings is 1. The van der Waals surface area contributed by atoms with Gasteiger partial charge in [0.2, 0.25) is 0 Å². The molecule has 0 bridgehead atoms. The minimum atomic E-state index is 0.624. The van der Waals surface area contributed by atoms with Crippen LogP contribution in [0.5, 0.6) is 0 Å². The van der Waals surface area contributed by atoms with Crippen molar-refractivity contribution in [3.8, 4) is 0 Å². The maximum Gasteiger partial charge on any atom is 0.0348 e. The largest absolute Gasteiger partial charge is 0.312 e. The Morgan fingerprint density at radius 3 is 2.84 bits per heavy atom. The van der Waals surface area contributed by atoms with Gasteiger partial charge in [0.05, 0.1) is 0 Å². The van der Waals surface area contributed by atoms with E-state index in [1.807, 2.05) is 0 Å². The van der Waals surface area contributed by atoms with Gasteiger partial charge in [0.15, 0.2) is 0 Å². The van der Waals surface area contributed by atoms with E-state index in [1.165, 1.54) is 50.9 Å². The molecule has 0 spiro atoms. The fraction of sp³-hybridized carbons (Fsp3) is 0.647. The van der Waals surface area contributed by atoms with Gasteiger partial charge in [-0.3, -0.25) is 4.90 Å². The van der Waals surface area contributed by atoms with Gasteiger partial charge in [-0.15, -0.1) is 0 Å². The fourth-order valence-corrected chi connectivity index (χ4v) is 3.84. The maximum atomic E-state index is 3.72. The van der Waals surface area contributed by atoms with Crippen LogP contribution < -0.4 is 5.32 Å². The molecule has 1 N–H and O–H groups in total. The molecule has 1 aromatic rings. The van der Waals surface area contributed by atoms with Crippen LogP contribution in [0.15, 0.2) is 30.3 Å². The van der Waals surface area contributed by atoms with Gasteiger partial charge in [-0.2, -0.15) is 0 Å². The summed E-state index contributed by atoms with van der Waals surface area (Å²) in [5.41, 5.74) is 1.50. The molecule has 1 unspecified atom stereocenters. The molecule has 3 rings (SSSR count). The Morgan fingerprint density at radius 2 is 2.11 bits per heavy atom. The minimum Gasteiger partial charge on any atom is -0.312 e. The van der Waals surface area contributed by atoms with Crippen molar-refractivity contribution in [2.45, 2.75) is 44.7 Å². The van der Waals surface area contributed by atoms with Crippen molar-refractivity contribution < 1.29 is 0 Å². The summed E-state index contributed by atoms with van der Waals surface area (Å²) in [7, 11) is 0. The zero-order chi connectivity index (χ0) is 13.1. The second-order valence-electron chi connectivity index (χ2n) is 6.13. The first-order chi connectivity index (χ1) is 9.38. The number of rotatable bonds is 4. The molecule has 104 valence electrons. The smallest absolute Gasteiger partial charge is 0.0348 e. The molecule has 0 radical (unpaired) electrons. The van der Waals surface area contributed by atoms with E-state index in [1.54, 1.807) is 0 Å². The SMILES string of the molecule is CCCC(c1ccccc1)N1C[C@@H]2CCCN[C@@H]2C1. The van der Waals surface area contributed by atoms with Crippen molar-refractivity contribution in [1.29, 1.82) is 0 Å². The molecule has 2 fully saturated rings. The van der Waals surface area contributed by atoms with E-state index in [0.29, 0.717) is 6.04 Å². The normalized spacial score (nSPS) is 29.1. The highest BCUT2D eigenvalue weighted by Crippen LogP contribution is 2.33. The van der Waals surface area contributed by atoms with E-state index in [0.717, 1.165) is 12.0 Å². The standard InChI is InChI=1S/C17H26N2/c1-2-7-17(14-8-4-3-5-9-14)19-12-15-10-6-11-18-16(15)13-19/h3-5,8-9,15-18H,2,6-7,10-13H2,1H3/t15-,16+,17?/m0/s1. The van der Waals surface area contributed by atoms with Crippen LogP contribution >= 0.6 is 0 Å². The highest BCUT2D eigenvalue weighted by Gasteiger charge is 2.37. The van der Waals surface area contributed by atoms with Crippen molar-refractivity contribution >= 4 is 0 Å². The number of piperidine rings is 1. The van der Waals surface area contributed by atoms with E-state index < -0.39 is 0 Å². The zero-order valence-corrected chi connectivity index (χ0v) is 12.0. The first-order valence-electron chi connectivity index (χ1n) is 7.91. The van der Waals surface area contributed by atoms with Gasteiger partial charge in [-0.05, 0) is 37.3 Å². The molecule has 0 aliphatic carbocycles. The van der Waals surface area contributed by atoms with Crippen LogP contribution in [-0.2, 0) is 0 Å². The summed E-state index contributed by atoms with van der Waals surface area (Å²) >= 11 is 0. The first kappa shape index (κ1) is 13.1. The molecule has 2 saturated heterocycles. The molecule has 3 atom stereocenters. The van der Waals surface area contributed by atoms with E-state index in [-0.39, 0.29) is 0 Å². The number of likely N-dealkylation sites (tertiary alicyclic amines) is 1. The van der Waals surface area contributed by atoms with E-state index in [9.17, 15) is 0 Å². The molecular formula is C17H26N2. The molecule has 0 saturated carbocycles. The summed E-state index contributed by atoms with van der Waals surface area (Å²) in [6.45, 7) is 6.05. The van der Waals surface area contributed by atoms with Crippen LogP contribution in [0.1, 0.15) is 44.2 Å². The summed E-state index contributed by atoms with van der Waals surface area (Å²) in [6, 6.07) is 12.5. The first-order valence-corrected chi connectivity index (χ1v) is 7.91. The molecule has 2 heteroatoms. The Bertz CT molecular complexity index is 376. The molecule has 2 aliphatic heterocycles. The number of hydrogen-bond acceptors (Lipinski definition) is 2. The number of nitrogens with zero attached hydrogens (tertiary/aromatic N) is 1. The summed E-state index contributed by atoms with van der Waals surface area (Å²) in [5.74, 6) is 0.886. The van der Waals surface area contributed by atoms with Gasteiger partial charge in [-0.25, -0.2) is 0 Å². The lowest BCUT2D eigenvalue weighted by molar-refractivity contribution is 0.222. The van der Waals surface area contributed by atoms with Crippen LogP contribution in [0.25, 0.3) is 0 Å². The van der Waals surface area contributed by atoms with Gasteiger partial charge in [0.25, 0.3) is 0 Å². The van der Waals surface area contributed by atoms with Gasteiger partial charge in [0, 0.05) is 25.2 Å². The van der Waals surface area contributed by atoms with E-state index in [4.69, 9.17) is 0 Å². The molecule has 19 heavy (non-hydrogen) atoms. The topological polar surface area (TPSA) is 15.3 Å². The quantitative estimate of drug-likeness (QED) is 0.892. The predicted octanol–water partition coefficient (Wildman–Crippen LogP) is 3.21. The summed E-state index contributed by atoms with van der Waals surface area (Å²) in [6.07, 6.45) is 5.32. The van der Waals surface area contributed by atoms with Crippen LogP contribution in [0.2, 0.25) is 0 Å². The highest BCUT2D eigenvalue weighted by atomic mass is 15.2. The van der Waals surface area contributed by atoms with Crippen LogP contribution in [-0.4, -0.2) is 30.6 Å². The molecule has 0 aromatic heterocycles. The lowest BCUT2D eigenvalue weighted by atomic mass is 9.94. The van der Waals surface area contributed by atoms with Crippen molar-refractivity contribution in [3.05, 3.63) is 35.9 Å². The average molecular weight is 258 g/mol. The van der Waals surface area contributed by atoms with Crippen molar-refractivity contribution in [2.24, 2.45) is 5.92 Å². The van der Waals surface area contributed by atoms with Crippen LogP contribution in [0, 0.1) is 5.92 Å². The minimum absolute atomic E-state index is 0.624. The Morgan fingerprint density at radius 1 is 1.26 bits per heavy atom. The molecule has 1 aromatic carbocycles. The Labute approximate surface area is 117 Å². The Balaban J connectivity index is 1.74. The summed E-state index contributed by atoms with van der Waals surface area (Å²) in [4.78, 5) is 2.73. The molecule has 2 heterocycles. The van der Waals surface area contributed by atoms with Crippen LogP contribution in [0.4, 0.5) is 0 Å². The third-order valence-electron chi connectivity index (χ3n) is 4.81. The van der Waals surface area contributed by atoms with E-state index >= 15 is 0 Å². The third kappa shape index (κ3) is 2.85. The molecular weight excluding hydrogens is 232 g/mol. The lowest BCUT2D eigenvalue weighted by Gasteiger charge is -2.28. The van der Waals surface area contributed by atoms with Crippen molar-refractivity contribution in [2.75, 3.05) is 19.6 Å². The number of nitrogens with one attached hydrogen (secondary N) is 1. The average Bonchev–Trinajstić information content (AvgIpc) is 2.89. The second-order valence-corrected chi connectivity index (χ2v) is 6.13.